The molecule has 102 valence electrons. The molecule has 1 aliphatic heterocycles. The summed E-state index contributed by atoms with van der Waals surface area (Å²) in [5.74, 6) is -0.172. The molecule has 2 N–H and O–H groups in total. The van der Waals surface area contributed by atoms with E-state index in [2.05, 4.69) is 5.32 Å². The normalized spacial score (nSPS) is 15.5. The van der Waals surface area contributed by atoms with Gasteiger partial charge in [-0.05, 0) is 19.1 Å². The quantitative estimate of drug-likeness (QED) is 0.587. The molecular weight excluding hydrogens is 248 g/mol. The Morgan fingerprint density at radius 3 is 3.00 bits per heavy atom. The predicted octanol–water partition coefficient (Wildman–Crippen LogP) is -0.0910. The van der Waals surface area contributed by atoms with Gasteiger partial charge < -0.3 is 20.1 Å². The fourth-order valence-electron chi connectivity index (χ4n) is 1.83. The monoisotopic (exact) mass is 264 g/mol. The average molecular weight is 264 g/mol. The van der Waals surface area contributed by atoms with Gasteiger partial charge in [0, 0.05) is 6.54 Å². The minimum Gasteiger partial charge on any atom is -0.423 e. The van der Waals surface area contributed by atoms with Crippen LogP contribution in [0.2, 0.25) is 0 Å². The number of hydrogen-bond donors (Lipinski definition) is 2. The Balaban J connectivity index is 2.04. The lowest BCUT2D eigenvalue weighted by atomic mass is 10.2. The summed E-state index contributed by atoms with van der Waals surface area (Å²) in [6.07, 6.45) is -0.595. The summed E-state index contributed by atoms with van der Waals surface area (Å²) >= 11 is 0. The number of fused-ring (bicyclic) bond motifs is 1. The second-order valence-corrected chi connectivity index (χ2v) is 4.45. The van der Waals surface area contributed by atoms with E-state index in [-0.39, 0.29) is 31.5 Å². The Labute approximate surface area is 111 Å². The van der Waals surface area contributed by atoms with Crippen LogP contribution in [0.5, 0.6) is 5.75 Å². The van der Waals surface area contributed by atoms with Crippen LogP contribution in [-0.2, 0) is 9.59 Å². The van der Waals surface area contributed by atoms with E-state index in [0.717, 1.165) is 0 Å². The Morgan fingerprint density at radius 2 is 2.26 bits per heavy atom. The molecule has 0 radical (unpaired) electrons. The van der Waals surface area contributed by atoms with Crippen molar-refractivity contribution in [2.45, 2.75) is 13.0 Å². The molecule has 0 saturated heterocycles. The molecule has 19 heavy (non-hydrogen) atoms. The van der Waals surface area contributed by atoms with E-state index in [1.807, 2.05) is 6.07 Å². The van der Waals surface area contributed by atoms with Crippen molar-refractivity contribution in [2.75, 3.05) is 24.5 Å². The van der Waals surface area contributed by atoms with E-state index >= 15 is 0 Å². The minimum atomic E-state index is -0.595. The molecule has 6 heteroatoms. The van der Waals surface area contributed by atoms with Crippen molar-refractivity contribution in [3.63, 3.8) is 0 Å². The molecule has 1 heterocycles. The van der Waals surface area contributed by atoms with Gasteiger partial charge in [-0.3, -0.25) is 4.79 Å². The molecule has 0 aliphatic carbocycles. The van der Waals surface area contributed by atoms with Gasteiger partial charge in [-0.1, -0.05) is 12.1 Å². The fourth-order valence-corrected chi connectivity index (χ4v) is 1.83. The van der Waals surface area contributed by atoms with Gasteiger partial charge in [-0.25, -0.2) is 4.79 Å². The second-order valence-electron chi connectivity index (χ2n) is 4.45. The Hall–Kier alpha value is -2.08. The zero-order chi connectivity index (χ0) is 13.8. The van der Waals surface area contributed by atoms with Crippen molar-refractivity contribution in [1.82, 2.24) is 5.32 Å². The number of amides is 1. The van der Waals surface area contributed by atoms with E-state index in [1.165, 1.54) is 0 Å². The lowest BCUT2D eigenvalue weighted by molar-refractivity contribution is -0.133. The van der Waals surface area contributed by atoms with Crippen molar-refractivity contribution >= 4 is 17.6 Å². The fraction of sp³-hybridized carbons (Fsp3) is 0.385. The number of carbonyl (C=O) groups is 2. The lowest BCUT2D eigenvalue weighted by Gasteiger charge is -2.29. The summed E-state index contributed by atoms with van der Waals surface area (Å²) in [5.41, 5.74) is 0.717. The van der Waals surface area contributed by atoms with Crippen LogP contribution < -0.4 is 15.0 Å². The lowest BCUT2D eigenvalue weighted by Crippen LogP contribution is -2.44. The van der Waals surface area contributed by atoms with Crippen molar-refractivity contribution in [2.24, 2.45) is 0 Å². The number of nitrogens with zero attached hydrogens (tertiary/aromatic N) is 1. The molecule has 1 aromatic carbocycles. The van der Waals surface area contributed by atoms with Gasteiger partial charge in [0.15, 0.2) is 5.75 Å². The maximum absolute atomic E-state index is 11.7. The first-order valence-electron chi connectivity index (χ1n) is 6.05. The van der Waals surface area contributed by atoms with Crippen LogP contribution in [0.15, 0.2) is 24.3 Å². The third-order valence-corrected chi connectivity index (χ3v) is 2.68. The molecule has 6 nitrogen and oxygen atoms in total. The third kappa shape index (κ3) is 3.45. The van der Waals surface area contributed by atoms with Crippen LogP contribution in [-0.4, -0.2) is 42.7 Å². The summed E-state index contributed by atoms with van der Waals surface area (Å²) in [5, 5.41) is 11.7. The van der Waals surface area contributed by atoms with Crippen LogP contribution in [0.3, 0.4) is 0 Å². The molecule has 0 saturated carbocycles. The van der Waals surface area contributed by atoms with Crippen molar-refractivity contribution < 1.29 is 19.4 Å². The zero-order valence-corrected chi connectivity index (χ0v) is 10.6. The van der Waals surface area contributed by atoms with Gasteiger partial charge in [-0.15, -0.1) is 0 Å². The van der Waals surface area contributed by atoms with E-state index in [9.17, 15) is 9.59 Å². The van der Waals surface area contributed by atoms with E-state index in [4.69, 9.17) is 9.84 Å². The molecule has 0 aromatic heterocycles. The number of benzene rings is 1. The van der Waals surface area contributed by atoms with Crippen molar-refractivity contribution in [3.8, 4) is 5.75 Å². The second kappa shape index (κ2) is 5.71. The van der Waals surface area contributed by atoms with Crippen LogP contribution in [0, 0.1) is 0 Å². The van der Waals surface area contributed by atoms with Gasteiger partial charge in [-0.2, -0.15) is 0 Å². The van der Waals surface area contributed by atoms with Gasteiger partial charge in [0.05, 0.1) is 18.3 Å². The molecule has 1 aliphatic rings. The zero-order valence-electron chi connectivity index (χ0n) is 10.6. The number of para-hydroxylation sites is 2. The molecule has 1 unspecified atom stereocenters. The number of aliphatic hydroxyl groups excluding tert-OH is 1. The van der Waals surface area contributed by atoms with E-state index in [1.54, 1.807) is 30.0 Å². The highest BCUT2D eigenvalue weighted by atomic mass is 16.5. The number of hydrogen-bond acceptors (Lipinski definition) is 5. The molecule has 1 amide bonds. The van der Waals surface area contributed by atoms with Crippen molar-refractivity contribution in [1.29, 1.82) is 0 Å². The summed E-state index contributed by atoms with van der Waals surface area (Å²) < 4.78 is 5.09. The molecule has 1 aromatic rings. The number of ether oxygens (including phenoxy) is 1. The van der Waals surface area contributed by atoms with Crippen LogP contribution in [0.25, 0.3) is 0 Å². The number of anilines is 1. The van der Waals surface area contributed by atoms with Crippen LogP contribution in [0.1, 0.15) is 6.92 Å². The predicted molar refractivity (Wildman–Crippen MR) is 69.0 cm³/mol. The van der Waals surface area contributed by atoms with Gasteiger partial charge in [0.1, 0.15) is 6.54 Å². The van der Waals surface area contributed by atoms with Crippen LogP contribution in [0.4, 0.5) is 5.69 Å². The first kappa shape index (κ1) is 13.4. The Kier molecular flexibility index (Phi) is 4.01. The first-order chi connectivity index (χ1) is 9.06. The highest BCUT2D eigenvalue weighted by Gasteiger charge is 2.25. The highest BCUT2D eigenvalue weighted by molar-refractivity contribution is 5.89. The number of rotatable bonds is 4. The number of carbonyl (C=O) groups excluding carboxylic acids is 2. The van der Waals surface area contributed by atoms with Gasteiger partial charge >= 0.3 is 5.97 Å². The maximum Gasteiger partial charge on any atom is 0.331 e. The largest absolute Gasteiger partial charge is 0.423 e. The smallest absolute Gasteiger partial charge is 0.331 e. The number of esters is 1. The molecule has 2 rings (SSSR count). The molecular formula is C13H16N2O4. The summed E-state index contributed by atoms with van der Waals surface area (Å²) in [4.78, 5) is 24.8. The molecule has 0 bridgehead atoms. The first-order valence-corrected chi connectivity index (χ1v) is 6.05. The standard InChI is InChI=1S/C13H16N2O4/c1-9(16)6-14-12(17)7-15-8-13(18)19-11-5-3-2-4-10(11)15/h2-5,9,16H,6-8H2,1H3,(H,14,17). The molecule has 1 atom stereocenters. The van der Waals surface area contributed by atoms with Gasteiger partial charge in [0.25, 0.3) is 0 Å². The molecule has 0 fully saturated rings. The topological polar surface area (TPSA) is 78.9 Å². The summed E-state index contributed by atoms with van der Waals surface area (Å²) in [6, 6.07) is 7.07. The number of nitrogens with one attached hydrogen (secondary N) is 1. The van der Waals surface area contributed by atoms with Crippen molar-refractivity contribution in [3.05, 3.63) is 24.3 Å². The Morgan fingerprint density at radius 1 is 1.53 bits per heavy atom. The summed E-state index contributed by atoms with van der Waals surface area (Å²) in [7, 11) is 0. The Bertz CT molecular complexity index is 487. The third-order valence-electron chi connectivity index (χ3n) is 2.68. The molecule has 0 spiro atoms. The average Bonchev–Trinajstić information content (AvgIpc) is 2.36. The summed E-state index contributed by atoms with van der Waals surface area (Å²) in [6.45, 7) is 1.88. The van der Waals surface area contributed by atoms with Crippen LogP contribution >= 0.6 is 0 Å². The number of aliphatic hydroxyl groups is 1. The minimum absolute atomic E-state index is 0.0408. The van der Waals surface area contributed by atoms with E-state index in [0.29, 0.717) is 11.4 Å². The maximum atomic E-state index is 11.7. The SMILES string of the molecule is CC(O)CNC(=O)CN1CC(=O)Oc2ccccc21. The van der Waals surface area contributed by atoms with Gasteiger partial charge in [0.2, 0.25) is 5.91 Å². The van der Waals surface area contributed by atoms with E-state index < -0.39 is 6.10 Å². The highest BCUT2D eigenvalue weighted by Crippen LogP contribution is 2.30.